The molecule has 104 valence electrons. The molecule has 0 nitrogen and oxygen atoms in total. The summed E-state index contributed by atoms with van der Waals surface area (Å²) in [7, 11) is 0. The summed E-state index contributed by atoms with van der Waals surface area (Å²) in [6.45, 7) is 0. The van der Waals surface area contributed by atoms with Gasteiger partial charge in [-0.25, -0.2) is 8.78 Å². The van der Waals surface area contributed by atoms with E-state index in [9.17, 15) is 22.0 Å². The number of fused-ring (bicyclic) bond motifs is 3. The highest BCUT2D eigenvalue weighted by molar-refractivity contribution is 14.1. The minimum Gasteiger partial charge on any atom is -0.205 e. The predicted molar refractivity (Wildman–Crippen MR) is 77.0 cm³/mol. The quantitative estimate of drug-likeness (QED) is 0.315. The number of hydrogen-bond donors (Lipinski definition) is 0. The fourth-order valence-corrected chi connectivity index (χ4v) is 3.84. The molecule has 3 aromatic rings. The standard InChI is InChI=1S/C13H4F5IS/c14-9-7(13(16,17)18)3-1-5-6-2-4-8(19)10(15)12(6)20-11(5)9/h1-4H. The summed E-state index contributed by atoms with van der Waals surface area (Å²) in [6.07, 6.45) is -4.76. The number of alkyl halides is 3. The lowest BCUT2D eigenvalue weighted by atomic mass is 10.1. The van der Waals surface area contributed by atoms with E-state index in [1.165, 1.54) is 12.1 Å². The number of hydrogen-bond acceptors (Lipinski definition) is 1. The number of thiophene rings is 1. The van der Waals surface area contributed by atoms with Crippen molar-refractivity contribution >= 4 is 54.1 Å². The van der Waals surface area contributed by atoms with Gasteiger partial charge in [0.05, 0.1) is 18.5 Å². The van der Waals surface area contributed by atoms with Crippen molar-refractivity contribution in [3.63, 3.8) is 0 Å². The van der Waals surface area contributed by atoms with Crippen molar-refractivity contribution < 1.29 is 22.0 Å². The molecule has 0 fully saturated rings. The second kappa shape index (κ2) is 4.52. The summed E-state index contributed by atoms with van der Waals surface area (Å²) in [5.41, 5.74) is -1.33. The van der Waals surface area contributed by atoms with Crippen LogP contribution in [0.1, 0.15) is 5.56 Å². The van der Waals surface area contributed by atoms with Gasteiger partial charge in [0, 0.05) is 10.8 Å². The van der Waals surface area contributed by atoms with Crippen LogP contribution in [0.3, 0.4) is 0 Å². The van der Waals surface area contributed by atoms with Gasteiger partial charge in [-0.1, -0.05) is 12.1 Å². The summed E-state index contributed by atoms with van der Waals surface area (Å²) in [5, 5.41) is 0.723. The molecule has 0 unspecified atom stereocenters. The smallest absolute Gasteiger partial charge is 0.205 e. The molecule has 0 N–H and O–H groups in total. The number of rotatable bonds is 0. The Morgan fingerprint density at radius 1 is 0.850 bits per heavy atom. The molecule has 0 bridgehead atoms. The zero-order valence-corrected chi connectivity index (χ0v) is 12.5. The third kappa shape index (κ3) is 1.98. The Hall–Kier alpha value is -0.960. The Bertz CT molecular complexity index is 834. The molecule has 0 saturated heterocycles. The molecule has 0 radical (unpaired) electrons. The first-order valence-electron chi connectivity index (χ1n) is 5.36. The third-order valence-corrected chi connectivity index (χ3v) is 4.99. The maximum absolute atomic E-state index is 14.0. The molecule has 20 heavy (non-hydrogen) atoms. The maximum atomic E-state index is 14.0. The highest BCUT2D eigenvalue weighted by atomic mass is 127. The van der Waals surface area contributed by atoms with Crippen LogP contribution in [0.4, 0.5) is 22.0 Å². The van der Waals surface area contributed by atoms with Gasteiger partial charge < -0.3 is 0 Å². The Balaban J connectivity index is 2.45. The molecular formula is C13H4F5IS. The van der Waals surface area contributed by atoms with E-state index >= 15 is 0 Å². The highest BCUT2D eigenvalue weighted by Gasteiger charge is 2.35. The van der Waals surface area contributed by atoms with E-state index in [-0.39, 0.29) is 9.40 Å². The van der Waals surface area contributed by atoms with Gasteiger partial charge in [0.2, 0.25) is 0 Å². The molecule has 0 amide bonds. The monoisotopic (exact) mass is 414 g/mol. The van der Waals surface area contributed by atoms with Crippen LogP contribution in [-0.4, -0.2) is 0 Å². The largest absolute Gasteiger partial charge is 0.419 e. The Morgan fingerprint density at radius 2 is 1.40 bits per heavy atom. The van der Waals surface area contributed by atoms with Gasteiger partial charge >= 0.3 is 6.18 Å². The van der Waals surface area contributed by atoms with E-state index in [1.807, 2.05) is 0 Å². The Morgan fingerprint density at radius 3 is 2.00 bits per heavy atom. The minimum atomic E-state index is -4.76. The van der Waals surface area contributed by atoms with Crippen LogP contribution in [0.2, 0.25) is 0 Å². The first-order chi connectivity index (χ1) is 9.30. The molecule has 0 aliphatic carbocycles. The Labute approximate surface area is 127 Å². The first-order valence-corrected chi connectivity index (χ1v) is 7.26. The van der Waals surface area contributed by atoms with E-state index in [2.05, 4.69) is 0 Å². The van der Waals surface area contributed by atoms with Gasteiger partial charge in [0.1, 0.15) is 0 Å². The van der Waals surface area contributed by atoms with E-state index in [0.717, 1.165) is 0 Å². The lowest BCUT2D eigenvalue weighted by Gasteiger charge is -2.07. The zero-order valence-electron chi connectivity index (χ0n) is 9.49. The van der Waals surface area contributed by atoms with Crippen molar-refractivity contribution in [2.75, 3.05) is 0 Å². The van der Waals surface area contributed by atoms with E-state index in [0.29, 0.717) is 31.7 Å². The summed E-state index contributed by atoms with van der Waals surface area (Å²) in [4.78, 5) is 0. The molecule has 0 aliphatic heterocycles. The maximum Gasteiger partial charge on any atom is 0.419 e. The first kappa shape index (κ1) is 14.0. The van der Waals surface area contributed by atoms with Gasteiger partial charge in [-0.15, -0.1) is 11.3 Å². The molecular weight excluding hydrogens is 410 g/mol. The normalized spacial score (nSPS) is 12.5. The van der Waals surface area contributed by atoms with Crippen LogP contribution >= 0.6 is 33.9 Å². The van der Waals surface area contributed by atoms with Crippen molar-refractivity contribution in [3.8, 4) is 0 Å². The fraction of sp³-hybridized carbons (Fsp3) is 0.0769. The van der Waals surface area contributed by atoms with Gasteiger partial charge in [-0.05, 0) is 34.7 Å². The average molecular weight is 414 g/mol. The minimum absolute atomic E-state index is 0.171. The highest BCUT2D eigenvalue weighted by Crippen LogP contribution is 2.42. The molecule has 3 rings (SSSR count). The predicted octanol–water partition coefficient (Wildman–Crippen LogP) is 5.96. The molecule has 1 aromatic heterocycles. The molecule has 0 atom stereocenters. The van der Waals surface area contributed by atoms with Crippen molar-refractivity contribution in [1.82, 2.24) is 0 Å². The van der Waals surface area contributed by atoms with Gasteiger partial charge in [0.15, 0.2) is 11.6 Å². The van der Waals surface area contributed by atoms with E-state index < -0.39 is 23.4 Å². The van der Waals surface area contributed by atoms with Crippen molar-refractivity contribution in [2.45, 2.75) is 6.18 Å². The lowest BCUT2D eigenvalue weighted by molar-refractivity contribution is -0.139. The van der Waals surface area contributed by atoms with Crippen molar-refractivity contribution in [2.24, 2.45) is 0 Å². The average Bonchev–Trinajstić information content (AvgIpc) is 2.73. The second-order valence-corrected chi connectivity index (χ2v) is 6.32. The molecule has 0 saturated carbocycles. The van der Waals surface area contributed by atoms with Crippen molar-refractivity contribution in [3.05, 3.63) is 45.0 Å². The van der Waals surface area contributed by atoms with E-state index in [1.54, 1.807) is 28.7 Å². The third-order valence-electron chi connectivity index (χ3n) is 2.95. The fourth-order valence-electron chi connectivity index (χ4n) is 2.03. The summed E-state index contributed by atoms with van der Waals surface area (Å²) in [5.74, 6) is -1.87. The van der Waals surface area contributed by atoms with Crippen LogP contribution in [0.5, 0.6) is 0 Å². The van der Waals surface area contributed by atoms with Crippen molar-refractivity contribution in [1.29, 1.82) is 0 Å². The van der Waals surface area contributed by atoms with Crippen LogP contribution < -0.4 is 0 Å². The molecule has 7 heteroatoms. The van der Waals surface area contributed by atoms with Gasteiger partial charge in [-0.2, -0.15) is 13.2 Å². The summed E-state index contributed by atoms with van der Waals surface area (Å²) < 4.78 is 66.3. The Kier molecular flexibility index (Phi) is 3.16. The molecule has 1 heterocycles. The molecule has 2 aromatic carbocycles. The van der Waals surface area contributed by atoms with Crippen LogP contribution in [0.25, 0.3) is 20.2 Å². The lowest BCUT2D eigenvalue weighted by Crippen LogP contribution is -2.07. The topological polar surface area (TPSA) is 0 Å². The number of benzene rings is 2. The second-order valence-electron chi connectivity index (χ2n) is 4.14. The van der Waals surface area contributed by atoms with Gasteiger partial charge in [0.25, 0.3) is 0 Å². The SMILES string of the molecule is Fc1c(I)ccc2c1sc1c(F)c(C(F)(F)F)ccc12. The van der Waals surface area contributed by atoms with Crippen LogP contribution in [-0.2, 0) is 6.18 Å². The molecule has 0 aliphatic rings. The number of halogens is 6. The summed E-state index contributed by atoms with van der Waals surface area (Å²) in [6, 6.07) is 4.98. The zero-order chi connectivity index (χ0) is 14.7. The summed E-state index contributed by atoms with van der Waals surface area (Å²) >= 11 is 2.49. The van der Waals surface area contributed by atoms with Gasteiger partial charge in [-0.3, -0.25) is 0 Å². The van der Waals surface area contributed by atoms with Crippen LogP contribution in [0, 0.1) is 15.2 Å². The van der Waals surface area contributed by atoms with E-state index in [4.69, 9.17) is 0 Å². The molecule has 0 spiro atoms. The van der Waals surface area contributed by atoms with Crippen LogP contribution in [0.15, 0.2) is 24.3 Å².